The van der Waals surface area contributed by atoms with E-state index in [1.165, 1.54) is 0 Å². The largest absolute Gasteiger partial charge is 1.00 e. The Hall–Kier alpha value is -1.25. The predicted octanol–water partition coefficient (Wildman–Crippen LogP) is 3.12. The monoisotopic (exact) mass is 526 g/mol. The Bertz CT molecular complexity index is 807. The molecule has 0 saturated heterocycles. The van der Waals surface area contributed by atoms with Crippen LogP contribution in [-0.4, -0.2) is 27.6 Å². The summed E-state index contributed by atoms with van der Waals surface area (Å²) in [5, 5.41) is 13.3. The molecule has 0 spiro atoms. The zero-order valence-electron chi connectivity index (χ0n) is 12.0. The predicted molar refractivity (Wildman–Crippen MR) is 91.9 cm³/mol. The van der Waals surface area contributed by atoms with E-state index in [0.717, 1.165) is 16.8 Å². The molecule has 3 aromatic rings. The van der Waals surface area contributed by atoms with Crippen molar-refractivity contribution in [1.82, 2.24) is 15.4 Å². The fourth-order valence-corrected chi connectivity index (χ4v) is 2.63. The first-order chi connectivity index (χ1) is 10.7. The van der Waals surface area contributed by atoms with E-state index in [1.54, 1.807) is 30.0 Å². The van der Waals surface area contributed by atoms with Gasteiger partial charge in [0, 0.05) is 11.3 Å². The third-order valence-electron chi connectivity index (χ3n) is 3.23. The average Bonchev–Trinajstić information content (AvgIpc) is 3.02. The maximum absolute atomic E-state index is 12.3. The maximum Gasteiger partial charge on any atom is 1.00 e. The van der Waals surface area contributed by atoms with Crippen LogP contribution < -0.4 is 5.32 Å². The molecule has 5 nitrogen and oxygen atoms in total. The van der Waals surface area contributed by atoms with Crippen LogP contribution in [0.25, 0.3) is 11.0 Å². The van der Waals surface area contributed by atoms with Gasteiger partial charge in [-0.15, -0.1) is 0 Å². The third-order valence-corrected chi connectivity index (χ3v) is 4.78. The smallest absolute Gasteiger partial charge is 0.774 e. The third kappa shape index (κ3) is 4.19. The molecule has 0 aliphatic heterocycles. The van der Waals surface area contributed by atoms with E-state index in [2.05, 4.69) is 20.7 Å². The topological polar surface area (TPSA) is 70.7 Å². The van der Waals surface area contributed by atoms with E-state index in [1.807, 2.05) is 30.5 Å². The van der Waals surface area contributed by atoms with Gasteiger partial charge in [0.25, 0.3) is 5.91 Å². The normalized spacial score (nSPS) is 11.7. The van der Waals surface area contributed by atoms with Crippen LogP contribution in [-0.2, 0) is 35.0 Å². The van der Waals surface area contributed by atoms with Gasteiger partial charge >= 0.3 is 22.4 Å². The number of benzene rings is 2. The zero-order chi connectivity index (χ0) is 15.5. The fourth-order valence-electron chi connectivity index (χ4n) is 2.04. The van der Waals surface area contributed by atoms with Crippen LogP contribution in [0.1, 0.15) is 20.5 Å². The second-order valence-corrected chi connectivity index (χ2v) is 6.38. The molecule has 0 saturated carbocycles. The summed E-state index contributed by atoms with van der Waals surface area (Å²) in [7, 11) is 0. The number of H-pyrrole nitrogens is 1. The van der Waals surface area contributed by atoms with Crippen molar-refractivity contribution >= 4 is 47.0 Å². The minimum atomic E-state index is -0.183. The number of thioether (sulfide) groups is 1. The summed E-state index contributed by atoms with van der Waals surface area (Å²) in [6, 6.07) is 12.8. The summed E-state index contributed by atoms with van der Waals surface area (Å²) in [5.74, 6) is -0.183. The summed E-state index contributed by atoms with van der Waals surface area (Å²) >= 11 is 6.92. The summed E-state index contributed by atoms with van der Waals surface area (Å²) in [6.07, 6.45) is 1.98. The van der Waals surface area contributed by atoms with Crippen LogP contribution in [0.5, 0.6) is 0 Å². The molecule has 2 aromatic carbocycles. The quantitative estimate of drug-likeness (QED) is 0.404. The van der Waals surface area contributed by atoms with Crippen molar-refractivity contribution in [2.45, 2.75) is 4.58 Å². The number of anilines is 1. The van der Waals surface area contributed by atoms with E-state index in [0.29, 0.717) is 11.1 Å². The van der Waals surface area contributed by atoms with Crippen molar-refractivity contribution in [1.29, 1.82) is 0 Å². The van der Waals surface area contributed by atoms with Gasteiger partial charge < -0.3 is 17.9 Å². The number of carbonyl (C=O) groups excluding carboxylic acids is 1. The molecular formula is C15H13AuN4OS2. The van der Waals surface area contributed by atoms with Gasteiger partial charge in [0.2, 0.25) is 0 Å². The summed E-state index contributed by atoms with van der Waals surface area (Å²) < 4.78 is 0.0272. The van der Waals surface area contributed by atoms with E-state index >= 15 is 0 Å². The minimum Gasteiger partial charge on any atom is -0.774 e. The Kier molecular flexibility index (Phi) is 6.32. The second-order valence-electron chi connectivity index (χ2n) is 4.67. The van der Waals surface area contributed by atoms with E-state index < -0.39 is 0 Å². The first kappa shape index (κ1) is 18.1. The Morgan fingerprint density at radius 3 is 2.57 bits per heavy atom. The zero-order valence-corrected chi connectivity index (χ0v) is 15.8. The number of rotatable bonds is 4. The second kappa shape index (κ2) is 8.03. The molecule has 3 rings (SSSR count). The molecule has 1 heterocycles. The molecule has 0 bridgehead atoms. The first-order valence-electron chi connectivity index (χ1n) is 6.58. The molecule has 0 aliphatic carbocycles. The molecule has 122 valence electrons. The number of nitrogens with zero attached hydrogens (tertiary/aromatic N) is 2. The van der Waals surface area contributed by atoms with E-state index in [-0.39, 0.29) is 32.9 Å². The number of amides is 1. The Balaban J connectivity index is 0.00000192. The van der Waals surface area contributed by atoms with Crippen LogP contribution in [0.15, 0.2) is 42.5 Å². The Labute approximate surface area is 158 Å². The SMILES string of the molecule is CSC([S-])c1ccc(NC(=O)c2ccc3n[nH]nc3c2)cc1.[Au+]. The van der Waals surface area contributed by atoms with Gasteiger partial charge in [0.15, 0.2) is 0 Å². The number of hydrogen-bond acceptors (Lipinski definition) is 5. The fraction of sp³-hybridized carbons (Fsp3) is 0.133. The molecule has 0 radical (unpaired) electrons. The Morgan fingerprint density at radius 1 is 1.17 bits per heavy atom. The van der Waals surface area contributed by atoms with Crippen LogP contribution in [0.4, 0.5) is 5.69 Å². The molecule has 1 atom stereocenters. The number of aromatic amines is 1. The number of hydrogen-bond donors (Lipinski definition) is 2. The Morgan fingerprint density at radius 2 is 1.87 bits per heavy atom. The molecule has 1 aromatic heterocycles. The standard InChI is InChI=1S/C15H14N4OS2.Au/c1-22-15(21)9-2-5-11(6-3-9)16-14(20)10-4-7-12-13(8-10)18-19-17-12;/h2-8,15,21H,1H3,(H,16,20)(H,17,18,19);/q;+1/p-1. The summed E-state index contributed by atoms with van der Waals surface area (Å²) in [4.78, 5) is 12.3. The van der Waals surface area contributed by atoms with E-state index in [4.69, 9.17) is 12.6 Å². The van der Waals surface area contributed by atoms with Gasteiger partial charge in [0.1, 0.15) is 11.0 Å². The van der Waals surface area contributed by atoms with Crippen molar-refractivity contribution in [3.8, 4) is 0 Å². The molecule has 0 fully saturated rings. The molecule has 2 N–H and O–H groups in total. The van der Waals surface area contributed by atoms with Gasteiger partial charge in [-0.1, -0.05) is 22.3 Å². The van der Waals surface area contributed by atoms with Gasteiger partial charge in [-0.05, 0) is 36.6 Å². The van der Waals surface area contributed by atoms with Crippen molar-refractivity contribution in [2.75, 3.05) is 11.6 Å². The minimum absolute atomic E-state index is 0. The van der Waals surface area contributed by atoms with Gasteiger partial charge in [-0.25, -0.2) is 0 Å². The number of nitrogens with one attached hydrogen (secondary N) is 2. The van der Waals surface area contributed by atoms with Crippen molar-refractivity contribution in [2.24, 2.45) is 0 Å². The molecule has 0 aliphatic rings. The number of fused-ring (bicyclic) bond motifs is 1. The first-order valence-corrected chi connectivity index (χ1v) is 8.34. The molecule has 1 amide bonds. The van der Waals surface area contributed by atoms with Gasteiger partial charge in [0.05, 0.1) is 0 Å². The van der Waals surface area contributed by atoms with E-state index in [9.17, 15) is 4.79 Å². The van der Waals surface area contributed by atoms with Gasteiger partial charge in [-0.3, -0.25) is 4.79 Å². The average molecular weight is 526 g/mol. The number of carbonyl (C=O) groups is 1. The van der Waals surface area contributed by atoms with Crippen LogP contribution in [0, 0.1) is 0 Å². The molecular weight excluding hydrogens is 513 g/mol. The van der Waals surface area contributed by atoms with Crippen LogP contribution in [0.2, 0.25) is 0 Å². The van der Waals surface area contributed by atoms with Crippen LogP contribution >= 0.6 is 11.8 Å². The summed E-state index contributed by atoms with van der Waals surface area (Å²) in [6.45, 7) is 0. The summed E-state index contributed by atoms with van der Waals surface area (Å²) in [5.41, 5.74) is 3.73. The van der Waals surface area contributed by atoms with Crippen LogP contribution in [0.3, 0.4) is 0 Å². The van der Waals surface area contributed by atoms with Gasteiger partial charge in [-0.2, -0.15) is 27.2 Å². The van der Waals surface area contributed by atoms with Crippen molar-refractivity contribution in [3.63, 3.8) is 0 Å². The molecule has 23 heavy (non-hydrogen) atoms. The number of aromatic nitrogens is 3. The van der Waals surface area contributed by atoms with Crippen molar-refractivity contribution in [3.05, 3.63) is 53.6 Å². The molecule has 1 unspecified atom stereocenters. The maximum atomic E-state index is 12.3. The molecule has 8 heteroatoms. The van der Waals surface area contributed by atoms with Crippen molar-refractivity contribution < 1.29 is 27.2 Å².